The van der Waals surface area contributed by atoms with Crippen molar-refractivity contribution in [3.05, 3.63) is 24.3 Å². The fourth-order valence-corrected chi connectivity index (χ4v) is 1.52. The summed E-state index contributed by atoms with van der Waals surface area (Å²) in [7, 11) is 4.54. The van der Waals surface area contributed by atoms with E-state index in [1.165, 1.54) is 14.2 Å². The average Bonchev–Trinajstić information content (AvgIpc) is 2.47. The molecule has 0 radical (unpaired) electrons. The number of nitrogens with zero attached hydrogens (tertiary/aromatic N) is 2. The third-order valence-electron chi connectivity index (χ3n) is 2.49. The van der Waals surface area contributed by atoms with E-state index in [-0.39, 0.29) is 6.01 Å². The Balaban J connectivity index is 2.27. The number of anilines is 1. The van der Waals surface area contributed by atoms with Crippen molar-refractivity contribution in [2.45, 2.75) is 0 Å². The second-order valence-electron chi connectivity index (χ2n) is 3.74. The van der Waals surface area contributed by atoms with Crippen molar-refractivity contribution in [3.63, 3.8) is 0 Å². The molecular formula is C13H15N3O4. The number of nitrogens with two attached hydrogens (primary N) is 1. The Hall–Kier alpha value is -2.70. The van der Waals surface area contributed by atoms with E-state index in [2.05, 4.69) is 9.97 Å². The van der Waals surface area contributed by atoms with E-state index in [1.807, 2.05) is 0 Å². The molecule has 7 nitrogen and oxygen atoms in total. The molecule has 0 amide bonds. The maximum atomic E-state index is 5.80. The molecule has 106 valence electrons. The molecule has 0 aliphatic carbocycles. The molecule has 1 aromatic heterocycles. The van der Waals surface area contributed by atoms with Gasteiger partial charge in [0.1, 0.15) is 11.5 Å². The van der Waals surface area contributed by atoms with Gasteiger partial charge < -0.3 is 24.7 Å². The van der Waals surface area contributed by atoms with Gasteiger partial charge in [-0.1, -0.05) is 0 Å². The molecule has 0 saturated carbocycles. The lowest BCUT2D eigenvalue weighted by Gasteiger charge is -2.09. The van der Waals surface area contributed by atoms with Crippen LogP contribution in [0, 0.1) is 0 Å². The van der Waals surface area contributed by atoms with Gasteiger partial charge >= 0.3 is 6.01 Å². The number of ether oxygens (including phenoxy) is 4. The lowest BCUT2D eigenvalue weighted by atomic mass is 10.3. The van der Waals surface area contributed by atoms with Crippen molar-refractivity contribution in [2.75, 3.05) is 27.1 Å². The van der Waals surface area contributed by atoms with Gasteiger partial charge in [0.05, 0.1) is 33.1 Å². The molecule has 0 spiro atoms. The minimum atomic E-state index is 0.103. The van der Waals surface area contributed by atoms with Crippen LogP contribution in [0.4, 0.5) is 5.69 Å². The summed E-state index contributed by atoms with van der Waals surface area (Å²) in [6.07, 6.45) is 0. The van der Waals surface area contributed by atoms with Crippen LogP contribution in [0.3, 0.4) is 0 Å². The molecule has 0 unspecified atom stereocenters. The first-order valence-electron chi connectivity index (χ1n) is 5.74. The van der Waals surface area contributed by atoms with Crippen molar-refractivity contribution >= 4 is 5.69 Å². The van der Waals surface area contributed by atoms with Gasteiger partial charge in [-0.05, 0) is 12.1 Å². The largest absolute Gasteiger partial charge is 0.495 e. The summed E-state index contributed by atoms with van der Waals surface area (Å²) < 4.78 is 20.7. The summed E-state index contributed by atoms with van der Waals surface area (Å²) in [5.41, 5.74) is 6.26. The molecule has 0 bridgehead atoms. The molecule has 0 atom stereocenters. The summed E-state index contributed by atoms with van der Waals surface area (Å²) in [4.78, 5) is 8.12. The van der Waals surface area contributed by atoms with E-state index in [9.17, 15) is 0 Å². The first kappa shape index (κ1) is 13.7. The van der Waals surface area contributed by atoms with Crippen molar-refractivity contribution < 1.29 is 18.9 Å². The molecule has 0 aliphatic heterocycles. The van der Waals surface area contributed by atoms with Gasteiger partial charge in [-0.2, -0.15) is 9.97 Å². The number of nitrogen functional groups attached to an aromatic ring is 1. The molecule has 2 aromatic rings. The van der Waals surface area contributed by atoms with Crippen LogP contribution in [-0.4, -0.2) is 31.3 Å². The quantitative estimate of drug-likeness (QED) is 0.834. The number of rotatable bonds is 5. The summed E-state index contributed by atoms with van der Waals surface area (Å²) in [6, 6.07) is 6.67. The molecule has 1 heterocycles. The molecule has 7 heteroatoms. The SMILES string of the molecule is COc1cc(OC)nc(Oc2ccc(OC)c(N)c2)n1. The molecule has 0 fully saturated rings. The Morgan fingerprint density at radius 3 is 2.05 bits per heavy atom. The number of hydrogen-bond acceptors (Lipinski definition) is 7. The van der Waals surface area contributed by atoms with Crippen LogP contribution in [0.25, 0.3) is 0 Å². The highest BCUT2D eigenvalue weighted by atomic mass is 16.5. The molecule has 2 N–H and O–H groups in total. The zero-order valence-corrected chi connectivity index (χ0v) is 11.4. The molecule has 0 aliphatic rings. The number of methoxy groups -OCH3 is 3. The first-order chi connectivity index (χ1) is 9.66. The highest BCUT2D eigenvalue weighted by molar-refractivity contribution is 5.56. The third-order valence-corrected chi connectivity index (χ3v) is 2.49. The highest BCUT2D eigenvalue weighted by Crippen LogP contribution is 2.29. The number of benzene rings is 1. The normalized spacial score (nSPS) is 9.95. The van der Waals surface area contributed by atoms with Crippen LogP contribution < -0.4 is 24.7 Å². The lowest BCUT2D eigenvalue weighted by Crippen LogP contribution is -1.98. The molecular weight excluding hydrogens is 262 g/mol. The molecule has 20 heavy (non-hydrogen) atoms. The summed E-state index contributed by atoms with van der Waals surface area (Å²) in [5, 5.41) is 0. The van der Waals surface area contributed by atoms with Crippen LogP contribution in [0.1, 0.15) is 0 Å². The minimum absolute atomic E-state index is 0.103. The smallest absolute Gasteiger partial charge is 0.328 e. The Labute approximate surface area is 116 Å². The summed E-state index contributed by atoms with van der Waals surface area (Å²) >= 11 is 0. The maximum absolute atomic E-state index is 5.80. The van der Waals surface area contributed by atoms with E-state index in [1.54, 1.807) is 31.4 Å². The third kappa shape index (κ3) is 3.00. The van der Waals surface area contributed by atoms with Crippen molar-refractivity contribution in [1.29, 1.82) is 0 Å². The van der Waals surface area contributed by atoms with Crippen LogP contribution in [0.2, 0.25) is 0 Å². The van der Waals surface area contributed by atoms with Crippen LogP contribution in [0.15, 0.2) is 24.3 Å². The van der Waals surface area contributed by atoms with Gasteiger partial charge in [0.2, 0.25) is 11.8 Å². The monoisotopic (exact) mass is 277 g/mol. The standard InChI is InChI=1S/C13H15N3O4/c1-17-10-5-4-8(6-9(10)14)20-13-15-11(18-2)7-12(16-13)19-3/h4-7H,14H2,1-3H3. The van der Waals surface area contributed by atoms with E-state index >= 15 is 0 Å². The maximum Gasteiger partial charge on any atom is 0.328 e. The van der Waals surface area contributed by atoms with Gasteiger partial charge in [-0.3, -0.25) is 0 Å². The Bertz CT molecular complexity index is 582. The van der Waals surface area contributed by atoms with E-state index < -0.39 is 0 Å². The van der Waals surface area contributed by atoms with Crippen LogP contribution in [0.5, 0.6) is 29.3 Å². The van der Waals surface area contributed by atoms with Gasteiger partial charge in [-0.15, -0.1) is 0 Å². The Morgan fingerprint density at radius 2 is 1.55 bits per heavy atom. The zero-order chi connectivity index (χ0) is 14.5. The lowest BCUT2D eigenvalue weighted by molar-refractivity contribution is 0.348. The molecule has 1 aromatic carbocycles. The van der Waals surface area contributed by atoms with Gasteiger partial charge in [-0.25, -0.2) is 0 Å². The topological polar surface area (TPSA) is 88.7 Å². The van der Waals surface area contributed by atoms with Gasteiger partial charge in [0.25, 0.3) is 0 Å². The van der Waals surface area contributed by atoms with E-state index in [0.717, 1.165) is 0 Å². The zero-order valence-electron chi connectivity index (χ0n) is 11.4. The number of hydrogen-bond donors (Lipinski definition) is 1. The van der Waals surface area contributed by atoms with E-state index in [0.29, 0.717) is 28.9 Å². The van der Waals surface area contributed by atoms with Crippen LogP contribution in [-0.2, 0) is 0 Å². The first-order valence-corrected chi connectivity index (χ1v) is 5.74. The predicted octanol–water partition coefficient (Wildman–Crippen LogP) is 1.88. The second kappa shape index (κ2) is 5.96. The predicted molar refractivity (Wildman–Crippen MR) is 72.6 cm³/mol. The molecule has 0 saturated heterocycles. The Kier molecular flexibility index (Phi) is 4.09. The summed E-state index contributed by atoms with van der Waals surface area (Å²) in [5.74, 6) is 1.74. The van der Waals surface area contributed by atoms with Crippen molar-refractivity contribution in [1.82, 2.24) is 9.97 Å². The summed E-state index contributed by atoms with van der Waals surface area (Å²) in [6.45, 7) is 0. The highest BCUT2D eigenvalue weighted by Gasteiger charge is 2.09. The van der Waals surface area contributed by atoms with Gasteiger partial charge in [0, 0.05) is 6.07 Å². The molecule has 2 rings (SSSR count). The second-order valence-corrected chi connectivity index (χ2v) is 3.74. The Morgan fingerprint density at radius 1 is 0.900 bits per heavy atom. The van der Waals surface area contributed by atoms with Crippen LogP contribution >= 0.6 is 0 Å². The fraction of sp³-hybridized carbons (Fsp3) is 0.231. The average molecular weight is 277 g/mol. The van der Waals surface area contributed by atoms with Gasteiger partial charge in [0.15, 0.2) is 0 Å². The van der Waals surface area contributed by atoms with Crippen molar-refractivity contribution in [2.24, 2.45) is 0 Å². The van der Waals surface area contributed by atoms with Crippen molar-refractivity contribution in [3.8, 4) is 29.3 Å². The minimum Gasteiger partial charge on any atom is -0.495 e. The fourth-order valence-electron chi connectivity index (χ4n) is 1.52. The number of aromatic nitrogens is 2. The van der Waals surface area contributed by atoms with E-state index in [4.69, 9.17) is 24.7 Å².